The van der Waals surface area contributed by atoms with Gasteiger partial charge in [-0.25, -0.2) is 0 Å². The molecule has 2 rings (SSSR count). The molecule has 0 bridgehead atoms. The zero-order valence-electron chi connectivity index (χ0n) is 11.7. The molecular weight excluding hydrogens is 260 g/mol. The predicted molar refractivity (Wildman–Crippen MR) is 70.9 cm³/mol. The van der Waals surface area contributed by atoms with E-state index < -0.39 is 11.8 Å². The van der Waals surface area contributed by atoms with Crippen LogP contribution in [-0.2, 0) is 9.53 Å². The Morgan fingerprint density at radius 3 is 2.25 bits per heavy atom. The Hall–Kier alpha value is -2.43. The van der Waals surface area contributed by atoms with Crippen molar-refractivity contribution in [1.29, 1.82) is 0 Å². The van der Waals surface area contributed by atoms with Crippen molar-refractivity contribution in [1.82, 2.24) is 0 Å². The molecule has 0 aromatic heterocycles. The first-order chi connectivity index (χ1) is 9.38. The van der Waals surface area contributed by atoms with Gasteiger partial charge in [-0.15, -0.1) is 0 Å². The maximum Gasteiger partial charge on any atom is 0.308 e. The molecule has 5 nitrogen and oxygen atoms in total. The van der Waals surface area contributed by atoms with Crippen LogP contribution in [0.3, 0.4) is 0 Å². The topological polar surface area (TPSA) is 69.7 Å². The van der Waals surface area contributed by atoms with Crippen LogP contribution in [0, 0.1) is 6.92 Å². The molecule has 104 valence electrons. The molecule has 0 atom stereocenters. The maximum atomic E-state index is 12.5. The van der Waals surface area contributed by atoms with E-state index in [0.29, 0.717) is 11.3 Å². The van der Waals surface area contributed by atoms with Gasteiger partial charge in [-0.2, -0.15) is 0 Å². The second kappa shape index (κ2) is 4.92. The highest BCUT2D eigenvalue weighted by Gasteiger charge is 2.35. The number of Topliss-reactive ketones (excluding diaryl/α,β-unsaturated/α-hetero) is 2. The summed E-state index contributed by atoms with van der Waals surface area (Å²) in [6.07, 6.45) is 0. The van der Waals surface area contributed by atoms with E-state index in [4.69, 9.17) is 9.47 Å². The fourth-order valence-corrected chi connectivity index (χ4v) is 2.22. The summed E-state index contributed by atoms with van der Waals surface area (Å²) in [4.78, 5) is 35.9. The molecule has 5 heteroatoms. The largest absolute Gasteiger partial charge is 0.496 e. The lowest BCUT2D eigenvalue weighted by molar-refractivity contribution is -0.136. The number of rotatable bonds is 2. The quantitative estimate of drug-likeness (QED) is 0.773. The SMILES string of the molecule is COc1ccc(C)c2c1C(=O)C(C)=C(OC(C)=O)C2=O. The maximum absolute atomic E-state index is 12.5. The van der Waals surface area contributed by atoms with Gasteiger partial charge in [-0.3, -0.25) is 14.4 Å². The van der Waals surface area contributed by atoms with Crippen molar-refractivity contribution in [2.24, 2.45) is 0 Å². The van der Waals surface area contributed by atoms with Crippen molar-refractivity contribution >= 4 is 17.5 Å². The summed E-state index contributed by atoms with van der Waals surface area (Å²) in [6.45, 7) is 4.37. The van der Waals surface area contributed by atoms with E-state index in [9.17, 15) is 14.4 Å². The van der Waals surface area contributed by atoms with Crippen LogP contribution in [0.15, 0.2) is 23.5 Å². The number of methoxy groups -OCH3 is 1. The third kappa shape index (κ3) is 2.01. The molecule has 0 heterocycles. The van der Waals surface area contributed by atoms with Crippen LogP contribution in [-0.4, -0.2) is 24.6 Å². The highest BCUT2D eigenvalue weighted by atomic mass is 16.5. The Labute approximate surface area is 116 Å². The van der Waals surface area contributed by atoms with E-state index in [-0.39, 0.29) is 28.2 Å². The average Bonchev–Trinajstić information content (AvgIpc) is 2.40. The summed E-state index contributed by atoms with van der Waals surface area (Å²) in [6, 6.07) is 3.33. The number of aryl methyl sites for hydroxylation is 1. The molecule has 0 unspecified atom stereocenters. The van der Waals surface area contributed by atoms with Gasteiger partial charge in [0, 0.05) is 18.1 Å². The monoisotopic (exact) mass is 274 g/mol. The number of esters is 1. The molecule has 1 aliphatic rings. The summed E-state index contributed by atoms with van der Waals surface area (Å²) in [5.74, 6) is -1.33. The number of ketones is 2. The number of benzene rings is 1. The van der Waals surface area contributed by atoms with Gasteiger partial charge in [0.15, 0.2) is 11.5 Å². The minimum absolute atomic E-state index is 0.113. The zero-order chi connectivity index (χ0) is 15.0. The minimum Gasteiger partial charge on any atom is -0.496 e. The van der Waals surface area contributed by atoms with E-state index >= 15 is 0 Å². The second-order valence-electron chi connectivity index (χ2n) is 4.54. The van der Waals surface area contributed by atoms with Crippen molar-refractivity contribution in [3.8, 4) is 5.75 Å². The van der Waals surface area contributed by atoms with E-state index in [2.05, 4.69) is 0 Å². The molecule has 0 aliphatic heterocycles. The highest BCUT2D eigenvalue weighted by molar-refractivity contribution is 6.27. The molecule has 0 radical (unpaired) electrons. The van der Waals surface area contributed by atoms with Crippen LogP contribution in [0.5, 0.6) is 5.75 Å². The number of fused-ring (bicyclic) bond motifs is 1. The third-order valence-electron chi connectivity index (χ3n) is 3.18. The lowest BCUT2D eigenvalue weighted by Crippen LogP contribution is -2.25. The smallest absolute Gasteiger partial charge is 0.308 e. The van der Waals surface area contributed by atoms with Gasteiger partial charge in [-0.1, -0.05) is 6.07 Å². The van der Waals surface area contributed by atoms with Gasteiger partial charge in [0.2, 0.25) is 5.78 Å². The summed E-state index contributed by atoms with van der Waals surface area (Å²) in [7, 11) is 1.43. The van der Waals surface area contributed by atoms with E-state index in [1.165, 1.54) is 21.0 Å². The Morgan fingerprint density at radius 2 is 1.70 bits per heavy atom. The Balaban J connectivity index is 2.72. The first-order valence-electron chi connectivity index (χ1n) is 6.04. The molecule has 0 saturated heterocycles. The summed E-state index contributed by atoms with van der Waals surface area (Å²) in [5, 5.41) is 0. The van der Waals surface area contributed by atoms with Crippen LogP contribution in [0.1, 0.15) is 40.1 Å². The van der Waals surface area contributed by atoms with Gasteiger partial charge in [-0.05, 0) is 25.5 Å². The highest BCUT2D eigenvalue weighted by Crippen LogP contribution is 2.34. The summed E-state index contributed by atoms with van der Waals surface area (Å²) >= 11 is 0. The number of carbonyl (C=O) groups excluding carboxylic acids is 3. The molecule has 0 amide bonds. The lowest BCUT2D eigenvalue weighted by atomic mass is 9.85. The molecule has 0 N–H and O–H groups in total. The summed E-state index contributed by atoms with van der Waals surface area (Å²) < 4.78 is 10.0. The fraction of sp³-hybridized carbons (Fsp3) is 0.267. The van der Waals surface area contributed by atoms with Crippen LogP contribution in [0.25, 0.3) is 0 Å². The Bertz CT molecular complexity index is 667. The van der Waals surface area contributed by atoms with Crippen LogP contribution < -0.4 is 4.74 Å². The van der Waals surface area contributed by atoms with Crippen LogP contribution >= 0.6 is 0 Å². The van der Waals surface area contributed by atoms with Crippen molar-refractivity contribution in [3.05, 3.63) is 40.2 Å². The Kier molecular flexibility index (Phi) is 3.44. The zero-order valence-corrected chi connectivity index (χ0v) is 11.7. The number of hydrogen-bond donors (Lipinski definition) is 0. The molecule has 1 aromatic rings. The number of hydrogen-bond acceptors (Lipinski definition) is 5. The summed E-state index contributed by atoms with van der Waals surface area (Å²) in [5.41, 5.74) is 1.21. The first-order valence-corrected chi connectivity index (χ1v) is 6.04. The van der Waals surface area contributed by atoms with Gasteiger partial charge < -0.3 is 9.47 Å². The molecule has 1 aliphatic carbocycles. The van der Waals surface area contributed by atoms with Crippen molar-refractivity contribution in [3.63, 3.8) is 0 Å². The van der Waals surface area contributed by atoms with E-state index in [0.717, 1.165) is 0 Å². The molecule has 1 aromatic carbocycles. The van der Waals surface area contributed by atoms with Crippen molar-refractivity contribution < 1.29 is 23.9 Å². The molecule has 0 saturated carbocycles. The van der Waals surface area contributed by atoms with Crippen molar-refractivity contribution in [2.45, 2.75) is 20.8 Å². The third-order valence-corrected chi connectivity index (χ3v) is 3.18. The van der Waals surface area contributed by atoms with Gasteiger partial charge in [0.25, 0.3) is 0 Å². The molecule has 0 fully saturated rings. The lowest BCUT2D eigenvalue weighted by Gasteiger charge is -2.21. The number of allylic oxidation sites excluding steroid dienone is 2. The molecule has 20 heavy (non-hydrogen) atoms. The van der Waals surface area contributed by atoms with Crippen LogP contribution in [0.2, 0.25) is 0 Å². The van der Waals surface area contributed by atoms with Gasteiger partial charge in [0.1, 0.15) is 5.75 Å². The van der Waals surface area contributed by atoms with Crippen molar-refractivity contribution in [2.75, 3.05) is 7.11 Å². The predicted octanol–water partition coefficient (Wildman–Crippen LogP) is 2.22. The van der Waals surface area contributed by atoms with E-state index in [1.54, 1.807) is 19.1 Å². The Morgan fingerprint density at radius 1 is 1.05 bits per heavy atom. The van der Waals surface area contributed by atoms with E-state index in [1.807, 2.05) is 0 Å². The minimum atomic E-state index is -0.635. The normalized spacial score (nSPS) is 14.2. The number of carbonyl (C=O) groups is 3. The first kappa shape index (κ1) is 14.0. The van der Waals surface area contributed by atoms with Gasteiger partial charge in [0.05, 0.1) is 12.7 Å². The number of ether oxygens (including phenoxy) is 2. The second-order valence-corrected chi connectivity index (χ2v) is 4.54. The van der Waals surface area contributed by atoms with Gasteiger partial charge >= 0.3 is 5.97 Å². The molecular formula is C15H14O5. The fourth-order valence-electron chi connectivity index (χ4n) is 2.22. The standard InChI is InChI=1S/C15H14O5/c1-7-5-6-10(19-4)12-11(7)14(18)15(20-9(3)16)8(2)13(12)17/h5-6H,1-4H3. The average molecular weight is 274 g/mol. The van der Waals surface area contributed by atoms with Crippen LogP contribution in [0.4, 0.5) is 0 Å². The molecule has 0 spiro atoms.